The molecule has 0 saturated carbocycles. The van der Waals surface area contributed by atoms with Crippen molar-refractivity contribution in [1.82, 2.24) is 0 Å². The normalized spacial score (nSPS) is 10.1. The van der Waals surface area contributed by atoms with E-state index in [2.05, 4.69) is 37.4 Å². The molecule has 0 heterocycles. The minimum Gasteiger partial charge on any atom is -0.491 e. The van der Waals surface area contributed by atoms with Crippen LogP contribution in [0.2, 0.25) is 0 Å². The molecule has 0 aliphatic carbocycles. The fourth-order valence-electron chi connectivity index (χ4n) is 1.49. The summed E-state index contributed by atoms with van der Waals surface area (Å²) in [6, 6.07) is 6.23. The second kappa shape index (κ2) is 6.33. The molecule has 0 aromatic heterocycles. The molecule has 84 valence electrons. The SMILES string of the molecule is CCCCCOc1cc(C)ccc1NC. The van der Waals surface area contributed by atoms with E-state index in [4.69, 9.17) is 4.74 Å². The third-order valence-corrected chi connectivity index (χ3v) is 2.41. The number of hydrogen-bond acceptors (Lipinski definition) is 2. The standard InChI is InChI=1S/C13H21NO/c1-4-5-6-9-15-13-10-11(2)7-8-12(13)14-3/h7-8,10,14H,4-6,9H2,1-3H3. The van der Waals surface area contributed by atoms with Gasteiger partial charge in [-0.15, -0.1) is 0 Å². The summed E-state index contributed by atoms with van der Waals surface area (Å²) in [5.74, 6) is 0.966. The monoisotopic (exact) mass is 207 g/mol. The number of rotatable bonds is 6. The second-order valence-electron chi connectivity index (χ2n) is 3.81. The van der Waals surface area contributed by atoms with Crippen LogP contribution in [-0.2, 0) is 0 Å². The Morgan fingerprint density at radius 1 is 1.27 bits per heavy atom. The highest BCUT2D eigenvalue weighted by Gasteiger charge is 2.01. The lowest BCUT2D eigenvalue weighted by molar-refractivity contribution is 0.307. The molecule has 2 heteroatoms. The molecular weight excluding hydrogens is 186 g/mol. The van der Waals surface area contributed by atoms with Crippen molar-refractivity contribution in [2.75, 3.05) is 19.0 Å². The third kappa shape index (κ3) is 3.82. The predicted octanol–water partition coefficient (Wildman–Crippen LogP) is 3.61. The number of benzene rings is 1. The molecule has 2 nitrogen and oxygen atoms in total. The Balaban J connectivity index is 2.54. The quantitative estimate of drug-likeness (QED) is 0.719. The molecule has 0 spiro atoms. The molecular formula is C13H21NO. The van der Waals surface area contributed by atoms with Gasteiger partial charge in [0, 0.05) is 7.05 Å². The summed E-state index contributed by atoms with van der Waals surface area (Å²) < 4.78 is 5.75. The highest BCUT2D eigenvalue weighted by Crippen LogP contribution is 2.25. The van der Waals surface area contributed by atoms with Gasteiger partial charge in [0.25, 0.3) is 0 Å². The Bertz CT molecular complexity index is 297. The van der Waals surface area contributed by atoms with E-state index in [9.17, 15) is 0 Å². The van der Waals surface area contributed by atoms with Crippen LogP contribution in [0.4, 0.5) is 5.69 Å². The van der Waals surface area contributed by atoms with Crippen molar-refractivity contribution in [3.05, 3.63) is 23.8 Å². The summed E-state index contributed by atoms with van der Waals surface area (Å²) in [6.07, 6.45) is 3.60. The fourth-order valence-corrected chi connectivity index (χ4v) is 1.49. The van der Waals surface area contributed by atoms with Gasteiger partial charge in [0.2, 0.25) is 0 Å². The van der Waals surface area contributed by atoms with E-state index in [1.165, 1.54) is 18.4 Å². The van der Waals surface area contributed by atoms with Gasteiger partial charge in [-0.05, 0) is 31.0 Å². The summed E-state index contributed by atoms with van der Waals surface area (Å²) in [5, 5.41) is 3.14. The first kappa shape index (κ1) is 11.9. The smallest absolute Gasteiger partial charge is 0.142 e. The van der Waals surface area contributed by atoms with Gasteiger partial charge in [-0.2, -0.15) is 0 Å². The van der Waals surface area contributed by atoms with E-state index in [1.807, 2.05) is 7.05 Å². The predicted molar refractivity (Wildman–Crippen MR) is 65.7 cm³/mol. The van der Waals surface area contributed by atoms with E-state index in [-0.39, 0.29) is 0 Å². The van der Waals surface area contributed by atoms with Gasteiger partial charge < -0.3 is 10.1 Å². The van der Waals surface area contributed by atoms with Crippen LogP contribution in [0.25, 0.3) is 0 Å². The molecule has 0 aliphatic heterocycles. The van der Waals surface area contributed by atoms with Crippen molar-refractivity contribution in [2.24, 2.45) is 0 Å². The highest BCUT2D eigenvalue weighted by molar-refractivity contribution is 5.57. The molecule has 15 heavy (non-hydrogen) atoms. The first-order chi connectivity index (χ1) is 7.27. The van der Waals surface area contributed by atoms with Crippen molar-refractivity contribution in [1.29, 1.82) is 0 Å². The van der Waals surface area contributed by atoms with Crippen LogP contribution < -0.4 is 10.1 Å². The molecule has 0 aliphatic rings. The average Bonchev–Trinajstić information content (AvgIpc) is 2.25. The van der Waals surface area contributed by atoms with Gasteiger partial charge in [-0.25, -0.2) is 0 Å². The van der Waals surface area contributed by atoms with Crippen molar-refractivity contribution in [3.63, 3.8) is 0 Å². The lowest BCUT2D eigenvalue weighted by Gasteiger charge is -2.11. The van der Waals surface area contributed by atoms with Gasteiger partial charge in [0.1, 0.15) is 5.75 Å². The van der Waals surface area contributed by atoms with Crippen molar-refractivity contribution in [3.8, 4) is 5.75 Å². The third-order valence-electron chi connectivity index (χ3n) is 2.41. The first-order valence-corrected chi connectivity index (χ1v) is 5.69. The molecule has 0 fully saturated rings. The number of hydrogen-bond donors (Lipinski definition) is 1. The molecule has 0 radical (unpaired) electrons. The molecule has 1 aromatic rings. The maximum atomic E-state index is 5.75. The second-order valence-corrected chi connectivity index (χ2v) is 3.81. The Hall–Kier alpha value is -1.18. The number of anilines is 1. The summed E-state index contributed by atoms with van der Waals surface area (Å²) in [6.45, 7) is 5.09. The molecule has 1 rings (SSSR count). The zero-order chi connectivity index (χ0) is 11.1. The number of unbranched alkanes of at least 4 members (excludes halogenated alkanes) is 2. The molecule has 0 amide bonds. The van der Waals surface area contributed by atoms with E-state index in [0.717, 1.165) is 24.5 Å². The zero-order valence-corrected chi connectivity index (χ0v) is 9.97. The Morgan fingerprint density at radius 3 is 2.73 bits per heavy atom. The molecule has 0 unspecified atom stereocenters. The molecule has 0 atom stereocenters. The minimum atomic E-state index is 0.811. The number of ether oxygens (including phenoxy) is 1. The first-order valence-electron chi connectivity index (χ1n) is 5.69. The minimum absolute atomic E-state index is 0.811. The summed E-state index contributed by atoms with van der Waals surface area (Å²) in [5.41, 5.74) is 2.30. The largest absolute Gasteiger partial charge is 0.491 e. The average molecular weight is 207 g/mol. The maximum absolute atomic E-state index is 5.75. The highest BCUT2D eigenvalue weighted by atomic mass is 16.5. The summed E-state index contributed by atoms with van der Waals surface area (Å²) in [7, 11) is 1.92. The van der Waals surface area contributed by atoms with E-state index < -0.39 is 0 Å². The van der Waals surface area contributed by atoms with Crippen molar-refractivity contribution >= 4 is 5.69 Å². The van der Waals surface area contributed by atoms with Gasteiger partial charge in [-0.1, -0.05) is 25.8 Å². The maximum Gasteiger partial charge on any atom is 0.142 e. The van der Waals surface area contributed by atoms with Crippen LogP contribution in [0, 0.1) is 6.92 Å². The number of aryl methyl sites for hydroxylation is 1. The van der Waals surface area contributed by atoms with Gasteiger partial charge in [0.15, 0.2) is 0 Å². The van der Waals surface area contributed by atoms with Crippen LogP contribution in [-0.4, -0.2) is 13.7 Å². The van der Waals surface area contributed by atoms with E-state index >= 15 is 0 Å². The van der Waals surface area contributed by atoms with Crippen LogP contribution in [0.5, 0.6) is 5.75 Å². The fraction of sp³-hybridized carbons (Fsp3) is 0.538. The van der Waals surface area contributed by atoms with Crippen LogP contribution in [0.15, 0.2) is 18.2 Å². The lowest BCUT2D eigenvalue weighted by Crippen LogP contribution is -2.00. The Kier molecular flexibility index (Phi) is 5.02. The van der Waals surface area contributed by atoms with Gasteiger partial charge in [0.05, 0.1) is 12.3 Å². The van der Waals surface area contributed by atoms with E-state index in [1.54, 1.807) is 0 Å². The van der Waals surface area contributed by atoms with Crippen molar-refractivity contribution in [2.45, 2.75) is 33.1 Å². The molecule has 1 aromatic carbocycles. The Morgan fingerprint density at radius 2 is 2.07 bits per heavy atom. The van der Waals surface area contributed by atoms with Crippen LogP contribution in [0.1, 0.15) is 31.7 Å². The summed E-state index contributed by atoms with van der Waals surface area (Å²) >= 11 is 0. The zero-order valence-electron chi connectivity index (χ0n) is 9.97. The lowest BCUT2D eigenvalue weighted by atomic mass is 10.2. The molecule has 0 bridgehead atoms. The van der Waals surface area contributed by atoms with Gasteiger partial charge in [-0.3, -0.25) is 0 Å². The topological polar surface area (TPSA) is 21.3 Å². The van der Waals surface area contributed by atoms with Gasteiger partial charge >= 0.3 is 0 Å². The van der Waals surface area contributed by atoms with E-state index in [0.29, 0.717) is 0 Å². The number of nitrogens with one attached hydrogen (secondary N) is 1. The van der Waals surface area contributed by atoms with Crippen molar-refractivity contribution < 1.29 is 4.74 Å². The van der Waals surface area contributed by atoms with Crippen LogP contribution >= 0.6 is 0 Å². The summed E-state index contributed by atoms with van der Waals surface area (Å²) in [4.78, 5) is 0. The van der Waals surface area contributed by atoms with Crippen LogP contribution in [0.3, 0.4) is 0 Å². The molecule has 1 N–H and O–H groups in total. The Labute approximate surface area is 92.6 Å². The molecule has 0 saturated heterocycles.